The summed E-state index contributed by atoms with van der Waals surface area (Å²) < 4.78 is 3.28. The summed E-state index contributed by atoms with van der Waals surface area (Å²) in [6, 6.07) is 12.8. The maximum atomic E-state index is 13.1. The number of amides is 2. The van der Waals surface area contributed by atoms with E-state index in [4.69, 9.17) is 4.98 Å². The Bertz CT molecular complexity index is 1470. The monoisotopic (exact) mass is 472 g/mol. The van der Waals surface area contributed by atoms with Crippen molar-refractivity contribution in [3.05, 3.63) is 71.8 Å². The molecular weight excluding hydrogens is 452 g/mol. The highest BCUT2D eigenvalue weighted by Crippen LogP contribution is 2.29. The van der Waals surface area contributed by atoms with Crippen molar-refractivity contribution < 1.29 is 9.59 Å². The van der Waals surface area contributed by atoms with Crippen LogP contribution in [0.4, 0.5) is 5.69 Å². The van der Waals surface area contributed by atoms with E-state index in [2.05, 4.69) is 25.8 Å². The molecule has 2 N–H and O–H groups in total. The van der Waals surface area contributed by atoms with Gasteiger partial charge in [-0.1, -0.05) is 6.07 Å². The Morgan fingerprint density at radius 2 is 1.97 bits per heavy atom. The van der Waals surface area contributed by atoms with Crippen molar-refractivity contribution in [3.8, 4) is 16.3 Å². The van der Waals surface area contributed by atoms with Gasteiger partial charge in [0.1, 0.15) is 12.7 Å². The van der Waals surface area contributed by atoms with Crippen molar-refractivity contribution in [1.82, 2.24) is 34.8 Å². The quantitative estimate of drug-likeness (QED) is 0.392. The number of thiophene rings is 1. The molecule has 5 aromatic rings. The second-order valence-electron chi connectivity index (χ2n) is 7.56. The fourth-order valence-corrected chi connectivity index (χ4v) is 4.36. The third kappa shape index (κ3) is 4.16. The Balaban J connectivity index is 1.31. The standard InChI is InChI=1S/C23H20N8O2S/c1-14-21-17(10-18(19-4-3-9-34-19)28-22(21)30(2)29-14)23(33)25-11-20(32)27-15-5-7-16(8-6-15)31-13-24-12-26-31/h3-10,12-13H,11H2,1-2H3,(H,25,33)(H,27,32). The smallest absolute Gasteiger partial charge is 0.252 e. The highest BCUT2D eigenvalue weighted by Gasteiger charge is 2.20. The molecule has 0 radical (unpaired) electrons. The zero-order valence-electron chi connectivity index (χ0n) is 18.4. The Hall–Kier alpha value is -4.38. The number of nitrogens with zero attached hydrogens (tertiary/aromatic N) is 6. The molecule has 34 heavy (non-hydrogen) atoms. The molecule has 1 aromatic carbocycles. The second kappa shape index (κ2) is 8.87. The van der Waals surface area contributed by atoms with Gasteiger partial charge in [-0.15, -0.1) is 11.3 Å². The van der Waals surface area contributed by atoms with Crippen molar-refractivity contribution in [2.24, 2.45) is 7.05 Å². The first-order valence-corrected chi connectivity index (χ1v) is 11.3. The van der Waals surface area contributed by atoms with Crippen molar-refractivity contribution in [1.29, 1.82) is 0 Å². The molecule has 0 saturated carbocycles. The predicted octanol–water partition coefficient (Wildman–Crippen LogP) is 2.95. The average Bonchev–Trinajstić information content (AvgIpc) is 3.60. The first-order valence-electron chi connectivity index (χ1n) is 10.4. The molecule has 0 aliphatic carbocycles. The summed E-state index contributed by atoms with van der Waals surface area (Å²) >= 11 is 1.54. The fraction of sp³-hybridized carbons (Fsp3) is 0.130. The molecule has 4 aromatic heterocycles. The van der Waals surface area contributed by atoms with Gasteiger partial charge in [0.25, 0.3) is 5.91 Å². The molecule has 0 aliphatic rings. The molecule has 0 atom stereocenters. The summed E-state index contributed by atoms with van der Waals surface area (Å²) in [6.07, 6.45) is 3.04. The molecule has 0 saturated heterocycles. The lowest BCUT2D eigenvalue weighted by Crippen LogP contribution is -2.33. The highest BCUT2D eigenvalue weighted by molar-refractivity contribution is 7.13. The van der Waals surface area contributed by atoms with Gasteiger partial charge < -0.3 is 10.6 Å². The van der Waals surface area contributed by atoms with Gasteiger partial charge in [-0.25, -0.2) is 14.6 Å². The van der Waals surface area contributed by atoms with Gasteiger partial charge in [-0.05, 0) is 48.7 Å². The van der Waals surface area contributed by atoms with Crippen LogP contribution in [0.1, 0.15) is 16.1 Å². The normalized spacial score (nSPS) is 11.0. The van der Waals surface area contributed by atoms with Crippen molar-refractivity contribution in [3.63, 3.8) is 0 Å². The molecule has 0 fully saturated rings. The topological polar surface area (TPSA) is 120 Å². The predicted molar refractivity (Wildman–Crippen MR) is 129 cm³/mol. The number of anilines is 1. The zero-order chi connectivity index (χ0) is 23.7. The SMILES string of the molecule is Cc1nn(C)c2nc(-c3cccs3)cc(C(=O)NCC(=O)Nc3ccc(-n4cncn4)cc3)c12. The number of aryl methyl sites for hydroxylation is 2. The van der Waals surface area contributed by atoms with Crippen LogP contribution in [0.5, 0.6) is 0 Å². The van der Waals surface area contributed by atoms with Crippen LogP contribution in [0.2, 0.25) is 0 Å². The number of carbonyl (C=O) groups is 2. The molecule has 2 amide bonds. The fourth-order valence-electron chi connectivity index (χ4n) is 3.67. The number of nitrogens with one attached hydrogen (secondary N) is 2. The number of rotatable bonds is 6. The van der Waals surface area contributed by atoms with E-state index in [1.165, 1.54) is 6.33 Å². The Morgan fingerprint density at radius 1 is 1.15 bits per heavy atom. The number of hydrogen-bond acceptors (Lipinski definition) is 7. The Labute approximate surface area is 198 Å². The van der Waals surface area contributed by atoms with Crippen LogP contribution in [0, 0.1) is 6.92 Å². The first-order chi connectivity index (χ1) is 16.5. The van der Waals surface area contributed by atoms with Gasteiger partial charge >= 0.3 is 0 Å². The summed E-state index contributed by atoms with van der Waals surface area (Å²) in [5.41, 5.74) is 3.86. The number of aromatic nitrogens is 6. The third-order valence-electron chi connectivity index (χ3n) is 5.23. The highest BCUT2D eigenvalue weighted by atomic mass is 32.1. The average molecular weight is 473 g/mol. The van der Waals surface area contributed by atoms with E-state index in [1.54, 1.807) is 52.3 Å². The number of fused-ring (bicyclic) bond motifs is 1. The lowest BCUT2D eigenvalue weighted by atomic mass is 10.1. The molecule has 4 heterocycles. The molecule has 0 bridgehead atoms. The molecule has 11 heteroatoms. The summed E-state index contributed by atoms with van der Waals surface area (Å²) in [5, 5.41) is 16.6. The number of carbonyl (C=O) groups excluding carboxylic acids is 2. The van der Waals surface area contributed by atoms with Crippen LogP contribution in [0.25, 0.3) is 27.3 Å². The maximum Gasteiger partial charge on any atom is 0.252 e. The number of benzene rings is 1. The molecule has 0 unspecified atom stereocenters. The molecule has 0 aliphatic heterocycles. The summed E-state index contributed by atoms with van der Waals surface area (Å²) in [7, 11) is 1.80. The maximum absolute atomic E-state index is 13.1. The van der Waals surface area contributed by atoms with E-state index in [1.807, 2.05) is 36.6 Å². The molecule has 5 rings (SSSR count). The molecule has 10 nitrogen and oxygen atoms in total. The van der Waals surface area contributed by atoms with Gasteiger partial charge in [0, 0.05) is 12.7 Å². The van der Waals surface area contributed by atoms with Gasteiger partial charge in [0.15, 0.2) is 5.65 Å². The lowest BCUT2D eigenvalue weighted by Gasteiger charge is -2.10. The third-order valence-corrected chi connectivity index (χ3v) is 6.12. The van der Waals surface area contributed by atoms with E-state index >= 15 is 0 Å². The van der Waals surface area contributed by atoms with Gasteiger partial charge in [0.05, 0.1) is 39.4 Å². The second-order valence-corrected chi connectivity index (χ2v) is 8.51. The Morgan fingerprint density at radius 3 is 2.68 bits per heavy atom. The van der Waals surface area contributed by atoms with E-state index in [0.29, 0.717) is 33.7 Å². The van der Waals surface area contributed by atoms with Crippen LogP contribution in [-0.4, -0.2) is 47.9 Å². The van der Waals surface area contributed by atoms with Gasteiger partial charge in [0.2, 0.25) is 5.91 Å². The minimum atomic E-state index is -0.363. The minimum absolute atomic E-state index is 0.179. The lowest BCUT2D eigenvalue weighted by molar-refractivity contribution is -0.115. The minimum Gasteiger partial charge on any atom is -0.343 e. The first kappa shape index (κ1) is 21.5. The van der Waals surface area contributed by atoms with Crippen LogP contribution >= 0.6 is 11.3 Å². The zero-order valence-corrected chi connectivity index (χ0v) is 19.2. The van der Waals surface area contributed by atoms with Crippen molar-refractivity contribution in [2.45, 2.75) is 6.92 Å². The Kier molecular flexibility index (Phi) is 5.60. The molecular formula is C23H20N8O2S. The largest absolute Gasteiger partial charge is 0.343 e. The van der Waals surface area contributed by atoms with Crippen molar-refractivity contribution in [2.75, 3.05) is 11.9 Å². The summed E-state index contributed by atoms with van der Waals surface area (Å²) in [6.45, 7) is 1.66. The van der Waals surface area contributed by atoms with Gasteiger partial charge in [-0.3, -0.25) is 14.3 Å². The van der Waals surface area contributed by atoms with Crippen LogP contribution in [0.15, 0.2) is 60.5 Å². The van der Waals surface area contributed by atoms with E-state index in [9.17, 15) is 9.59 Å². The van der Waals surface area contributed by atoms with Crippen LogP contribution in [-0.2, 0) is 11.8 Å². The number of hydrogen-bond donors (Lipinski definition) is 2. The summed E-state index contributed by atoms with van der Waals surface area (Å²) in [5.74, 6) is -0.702. The van der Waals surface area contributed by atoms with E-state index in [0.717, 1.165) is 10.6 Å². The molecule has 170 valence electrons. The van der Waals surface area contributed by atoms with Gasteiger partial charge in [-0.2, -0.15) is 10.2 Å². The molecule has 0 spiro atoms. The number of pyridine rings is 1. The van der Waals surface area contributed by atoms with E-state index < -0.39 is 0 Å². The summed E-state index contributed by atoms with van der Waals surface area (Å²) in [4.78, 5) is 35.1. The van der Waals surface area contributed by atoms with E-state index in [-0.39, 0.29) is 18.4 Å². The van der Waals surface area contributed by atoms with Crippen molar-refractivity contribution >= 4 is 39.9 Å². The van der Waals surface area contributed by atoms with Crippen LogP contribution in [0.3, 0.4) is 0 Å². The van der Waals surface area contributed by atoms with Crippen LogP contribution < -0.4 is 10.6 Å².